The Bertz CT molecular complexity index is 621. The SMILES string of the molecule is COc1ccc(C)cc1N1CC(C(=O)N2CCCCCC2)CC1=O. The van der Waals surface area contributed by atoms with Crippen LogP contribution in [0.2, 0.25) is 0 Å². The lowest BCUT2D eigenvalue weighted by Crippen LogP contribution is -2.38. The number of hydrogen-bond acceptors (Lipinski definition) is 3. The van der Waals surface area contributed by atoms with Gasteiger partial charge in [0.05, 0.1) is 18.7 Å². The molecule has 130 valence electrons. The zero-order valence-corrected chi connectivity index (χ0v) is 14.6. The fourth-order valence-corrected chi connectivity index (χ4v) is 3.67. The summed E-state index contributed by atoms with van der Waals surface area (Å²) in [5, 5.41) is 0. The highest BCUT2D eigenvalue weighted by atomic mass is 16.5. The Morgan fingerprint density at radius 2 is 1.88 bits per heavy atom. The van der Waals surface area contributed by atoms with Crippen LogP contribution in [0.3, 0.4) is 0 Å². The van der Waals surface area contributed by atoms with Gasteiger partial charge in [-0.3, -0.25) is 9.59 Å². The van der Waals surface area contributed by atoms with E-state index >= 15 is 0 Å². The van der Waals surface area contributed by atoms with Crippen LogP contribution in [0.5, 0.6) is 5.75 Å². The molecule has 2 heterocycles. The summed E-state index contributed by atoms with van der Waals surface area (Å²) in [7, 11) is 1.61. The summed E-state index contributed by atoms with van der Waals surface area (Å²) >= 11 is 0. The highest BCUT2D eigenvalue weighted by Gasteiger charge is 2.38. The number of nitrogens with zero attached hydrogens (tertiary/aromatic N) is 2. The van der Waals surface area contributed by atoms with Crippen molar-refractivity contribution in [3.05, 3.63) is 23.8 Å². The normalized spacial score (nSPS) is 21.8. The van der Waals surface area contributed by atoms with Gasteiger partial charge in [0.25, 0.3) is 0 Å². The lowest BCUT2D eigenvalue weighted by atomic mass is 10.1. The second-order valence-corrected chi connectivity index (χ2v) is 6.82. The molecule has 0 N–H and O–H groups in total. The molecule has 5 nitrogen and oxygen atoms in total. The van der Waals surface area contributed by atoms with Gasteiger partial charge < -0.3 is 14.5 Å². The first kappa shape index (κ1) is 16.8. The summed E-state index contributed by atoms with van der Waals surface area (Å²) in [4.78, 5) is 29.0. The molecule has 2 fully saturated rings. The van der Waals surface area contributed by atoms with Crippen LogP contribution in [-0.4, -0.2) is 43.5 Å². The van der Waals surface area contributed by atoms with E-state index < -0.39 is 0 Å². The first-order valence-corrected chi connectivity index (χ1v) is 8.84. The Labute approximate surface area is 143 Å². The van der Waals surface area contributed by atoms with Crippen LogP contribution in [0.25, 0.3) is 0 Å². The molecule has 0 saturated carbocycles. The number of carbonyl (C=O) groups excluding carboxylic acids is 2. The van der Waals surface area contributed by atoms with Gasteiger partial charge in [0, 0.05) is 26.1 Å². The van der Waals surface area contributed by atoms with Crippen LogP contribution < -0.4 is 9.64 Å². The zero-order chi connectivity index (χ0) is 17.1. The van der Waals surface area contributed by atoms with E-state index in [2.05, 4.69) is 0 Å². The second kappa shape index (κ2) is 7.24. The highest BCUT2D eigenvalue weighted by Crippen LogP contribution is 2.34. The molecule has 2 amide bonds. The standard InChI is InChI=1S/C19H26N2O3/c1-14-7-8-17(24-2)16(11-14)21-13-15(12-18(21)22)19(23)20-9-5-3-4-6-10-20/h7-8,11,15H,3-6,9-10,12-13H2,1-2H3. The van der Waals surface area contributed by atoms with Crippen LogP contribution >= 0.6 is 0 Å². The fraction of sp³-hybridized carbons (Fsp3) is 0.579. The lowest BCUT2D eigenvalue weighted by Gasteiger charge is -2.24. The van der Waals surface area contributed by atoms with E-state index in [0.29, 0.717) is 18.7 Å². The molecule has 0 aliphatic carbocycles. The maximum Gasteiger partial charge on any atom is 0.228 e. The average molecular weight is 330 g/mol. The molecule has 3 rings (SSSR count). The number of likely N-dealkylation sites (tertiary alicyclic amines) is 1. The number of amides is 2. The third kappa shape index (κ3) is 3.40. The molecule has 0 bridgehead atoms. The highest BCUT2D eigenvalue weighted by molar-refractivity contribution is 6.01. The van der Waals surface area contributed by atoms with Crippen molar-refractivity contribution in [2.45, 2.75) is 39.0 Å². The van der Waals surface area contributed by atoms with Crippen molar-refractivity contribution in [3.63, 3.8) is 0 Å². The van der Waals surface area contributed by atoms with Gasteiger partial charge >= 0.3 is 0 Å². The number of aryl methyl sites for hydroxylation is 1. The topological polar surface area (TPSA) is 49.9 Å². The van der Waals surface area contributed by atoms with Crippen molar-refractivity contribution in [1.29, 1.82) is 0 Å². The summed E-state index contributed by atoms with van der Waals surface area (Å²) in [5.41, 5.74) is 1.84. The lowest BCUT2D eigenvalue weighted by molar-refractivity contribution is -0.135. The average Bonchev–Trinajstić information content (AvgIpc) is 2.79. The minimum Gasteiger partial charge on any atom is -0.495 e. The number of benzene rings is 1. The van der Waals surface area contributed by atoms with Crippen LogP contribution in [-0.2, 0) is 9.59 Å². The van der Waals surface area contributed by atoms with Crippen LogP contribution in [0.4, 0.5) is 5.69 Å². The van der Waals surface area contributed by atoms with E-state index in [0.717, 1.165) is 37.2 Å². The summed E-state index contributed by atoms with van der Waals surface area (Å²) in [6.07, 6.45) is 4.83. The number of methoxy groups -OCH3 is 1. The van der Waals surface area contributed by atoms with Crippen molar-refractivity contribution in [2.24, 2.45) is 5.92 Å². The second-order valence-electron chi connectivity index (χ2n) is 6.82. The summed E-state index contributed by atoms with van der Waals surface area (Å²) in [5.74, 6) is 0.587. The summed E-state index contributed by atoms with van der Waals surface area (Å²) in [6, 6.07) is 5.79. The molecular weight excluding hydrogens is 304 g/mol. The molecule has 0 aromatic heterocycles. The molecule has 0 radical (unpaired) electrons. The van der Waals surface area contributed by atoms with E-state index in [1.165, 1.54) is 12.8 Å². The van der Waals surface area contributed by atoms with E-state index in [9.17, 15) is 9.59 Å². The van der Waals surface area contributed by atoms with Crippen LogP contribution in [0.1, 0.15) is 37.7 Å². The van der Waals surface area contributed by atoms with Crippen LogP contribution in [0, 0.1) is 12.8 Å². The first-order chi connectivity index (χ1) is 11.6. The van der Waals surface area contributed by atoms with Crippen molar-refractivity contribution in [2.75, 3.05) is 31.6 Å². The summed E-state index contributed by atoms with van der Waals surface area (Å²) < 4.78 is 5.40. The number of hydrogen-bond donors (Lipinski definition) is 0. The van der Waals surface area contributed by atoms with Gasteiger partial charge in [0.2, 0.25) is 11.8 Å². The van der Waals surface area contributed by atoms with Gasteiger partial charge in [-0.2, -0.15) is 0 Å². The van der Waals surface area contributed by atoms with Gasteiger partial charge in [-0.1, -0.05) is 18.9 Å². The Balaban J connectivity index is 1.76. The number of rotatable bonds is 3. The molecule has 2 aliphatic heterocycles. The first-order valence-electron chi connectivity index (χ1n) is 8.84. The van der Waals surface area contributed by atoms with Gasteiger partial charge in [0.15, 0.2) is 0 Å². The fourth-order valence-electron chi connectivity index (χ4n) is 3.67. The van der Waals surface area contributed by atoms with E-state index in [4.69, 9.17) is 4.74 Å². The van der Waals surface area contributed by atoms with Gasteiger partial charge in [0.1, 0.15) is 5.75 Å². The van der Waals surface area contributed by atoms with Gasteiger partial charge in [-0.25, -0.2) is 0 Å². The molecule has 1 aromatic rings. The largest absolute Gasteiger partial charge is 0.495 e. The molecular formula is C19H26N2O3. The summed E-state index contributed by atoms with van der Waals surface area (Å²) in [6.45, 7) is 4.10. The molecule has 1 aromatic carbocycles. The predicted octanol–water partition coefficient (Wildman–Crippen LogP) is 2.76. The van der Waals surface area contributed by atoms with Crippen molar-refractivity contribution in [3.8, 4) is 5.75 Å². The Kier molecular flexibility index (Phi) is 5.07. The zero-order valence-electron chi connectivity index (χ0n) is 14.6. The predicted molar refractivity (Wildman–Crippen MR) is 93.2 cm³/mol. The smallest absolute Gasteiger partial charge is 0.228 e. The van der Waals surface area contributed by atoms with Crippen molar-refractivity contribution in [1.82, 2.24) is 4.90 Å². The third-order valence-electron chi connectivity index (χ3n) is 5.02. The van der Waals surface area contributed by atoms with Crippen LogP contribution in [0.15, 0.2) is 18.2 Å². The number of carbonyl (C=O) groups is 2. The molecule has 5 heteroatoms. The monoisotopic (exact) mass is 330 g/mol. The molecule has 24 heavy (non-hydrogen) atoms. The number of ether oxygens (including phenoxy) is 1. The molecule has 2 saturated heterocycles. The van der Waals surface area contributed by atoms with Gasteiger partial charge in [-0.15, -0.1) is 0 Å². The molecule has 0 spiro atoms. The van der Waals surface area contributed by atoms with E-state index in [1.807, 2.05) is 30.0 Å². The van der Waals surface area contributed by atoms with E-state index in [-0.39, 0.29) is 17.7 Å². The minimum atomic E-state index is -0.235. The van der Waals surface area contributed by atoms with Crippen molar-refractivity contribution < 1.29 is 14.3 Å². The Morgan fingerprint density at radius 1 is 1.17 bits per heavy atom. The van der Waals surface area contributed by atoms with E-state index in [1.54, 1.807) is 12.0 Å². The third-order valence-corrected chi connectivity index (χ3v) is 5.02. The quantitative estimate of drug-likeness (QED) is 0.856. The maximum absolute atomic E-state index is 12.8. The molecule has 1 atom stereocenters. The Morgan fingerprint density at radius 3 is 2.54 bits per heavy atom. The molecule has 1 unspecified atom stereocenters. The minimum absolute atomic E-state index is 0.00655. The maximum atomic E-state index is 12.8. The number of anilines is 1. The van der Waals surface area contributed by atoms with Gasteiger partial charge in [-0.05, 0) is 37.5 Å². The van der Waals surface area contributed by atoms with Crippen molar-refractivity contribution >= 4 is 17.5 Å². The Hall–Kier alpha value is -2.04. The molecule has 2 aliphatic rings.